The Kier molecular flexibility index (Phi) is 7.38. The molecule has 0 bridgehead atoms. The summed E-state index contributed by atoms with van der Waals surface area (Å²) in [6.07, 6.45) is 0. The highest BCUT2D eigenvalue weighted by Crippen LogP contribution is 2.35. The largest absolute Gasteiger partial charge is 0.484 e. The van der Waals surface area contributed by atoms with Crippen LogP contribution in [0.25, 0.3) is 10.8 Å². The molecule has 0 aliphatic carbocycles. The van der Waals surface area contributed by atoms with Gasteiger partial charge in [0.05, 0.1) is 12.2 Å². The van der Waals surface area contributed by atoms with Crippen LogP contribution in [0.5, 0.6) is 5.75 Å². The average molecular weight is 470 g/mol. The molecule has 2 aromatic carbocycles. The van der Waals surface area contributed by atoms with Crippen molar-refractivity contribution in [2.75, 3.05) is 18.5 Å². The lowest BCUT2D eigenvalue weighted by Gasteiger charge is -2.19. The summed E-state index contributed by atoms with van der Waals surface area (Å²) in [4.78, 5) is 38.0. The van der Waals surface area contributed by atoms with Gasteiger partial charge in [-0.05, 0) is 63.1 Å². The summed E-state index contributed by atoms with van der Waals surface area (Å²) in [7, 11) is 0. The molecule has 0 fully saturated rings. The summed E-state index contributed by atoms with van der Waals surface area (Å²) >= 11 is 0.978. The zero-order valence-electron chi connectivity index (χ0n) is 19.3. The maximum atomic E-state index is 12.6. The quantitative estimate of drug-likeness (QED) is 0.469. The lowest BCUT2D eigenvalue weighted by Crippen LogP contribution is -2.23. The summed E-state index contributed by atoms with van der Waals surface area (Å²) in [6.45, 7) is 8.48. The Bertz CT molecular complexity index is 1190. The van der Waals surface area contributed by atoms with E-state index in [2.05, 4.69) is 5.32 Å². The number of nitrogens with one attached hydrogen (secondary N) is 1. The third-order valence-electron chi connectivity index (χ3n) is 4.55. The number of benzene rings is 2. The van der Waals surface area contributed by atoms with E-state index >= 15 is 0 Å². The van der Waals surface area contributed by atoms with Crippen molar-refractivity contribution < 1.29 is 28.6 Å². The van der Waals surface area contributed by atoms with Gasteiger partial charge in [-0.15, -0.1) is 11.3 Å². The van der Waals surface area contributed by atoms with Crippen molar-refractivity contribution in [2.45, 2.75) is 40.2 Å². The molecule has 0 aliphatic rings. The molecule has 0 unspecified atom stereocenters. The fraction of sp³-hybridized carbons (Fsp3) is 0.320. The van der Waals surface area contributed by atoms with Crippen molar-refractivity contribution in [3.05, 3.63) is 58.5 Å². The van der Waals surface area contributed by atoms with E-state index in [1.165, 1.54) is 0 Å². The SMILES string of the molecule is CCOC(=O)c1c(NC(=O)COc2ccc3ccccc3c2)sc(C(=O)OC(C)(C)C)c1C. The number of anilines is 1. The van der Waals surface area contributed by atoms with Crippen LogP contribution in [0, 0.1) is 6.92 Å². The number of rotatable bonds is 7. The first-order chi connectivity index (χ1) is 15.6. The standard InChI is InChI=1S/C25H27NO6S/c1-6-30-23(28)20-15(2)21(24(29)32-25(3,4)5)33-22(20)26-19(27)14-31-18-12-11-16-9-7-8-10-17(16)13-18/h7-13H,6,14H2,1-5H3,(H,26,27). The van der Waals surface area contributed by atoms with Crippen LogP contribution in [-0.4, -0.2) is 36.7 Å². The number of fused-ring (bicyclic) bond motifs is 1. The summed E-state index contributed by atoms with van der Waals surface area (Å²) in [6, 6.07) is 13.4. The lowest BCUT2D eigenvalue weighted by atomic mass is 10.1. The minimum absolute atomic E-state index is 0.141. The van der Waals surface area contributed by atoms with Crippen LogP contribution in [-0.2, 0) is 14.3 Å². The summed E-state index contributed by atoms with van der Waals surface area (Å²) in [5.41, 5.74) is -0.158. The molecular weight excluding hydrogens is 442 g/mol. The number of carbonyl (C=O) groups excluding carboxylic acids is 3. The number of amides is 1. The third kappa shape index (κ3) is 6.10. The topological polar surface area (TPSA) is 90.9 Å². The Labute approximate surface area is 196 Å². The fourth-order valence-corrected chi connectivity index (χ4v) is 4.23. The first kappa shape index (κ1) is 24.3. The van der Waals surface area contributed by atoms with Crippen LogP contribution in [0.1, 0.15) is 53.3 Å². The van der Waals surface area contributed by atoms with Gasteiger partial charge in [-0.25, -0.2) is 9.59 Å². The predicted molar refractivity (Wildman–Crippen MR) is 128 cm³/mol. The van der Waals surface area contributed by atoms with Gasteiger partial charge in [-0.2, -0.15) is 0 Å². The van der Waals surface area contributed by atoms with Gasteiger partial charge in [0.15, 0.2) is 6.61 Å². The van der Waals surface area contributed by atoms with Gasteiger partial charge in [-0.3, -0.25) is 4.79 Å². The lowest BCUT2D eigenvalue weighted by molar-refractivity contribution is -0.118. The minimum Gasteiger partial charge on any atom is -0.484 e. The normalized spacial score (nSPS) is 11.2. The van der Waals surface area contributed by atoms with Gasteiger partial charge in [0.1, 0.15) is 21.2 Å². The van der Waals surface area contributed by atoms with Crippen LogP contribution >= 0.6 is 11.3 Å². The Morgan fingerprint density at radius 3 is 2.36 bits per heavy atom. The molecule has 1 aromatic heterocycles. The van der Waals surface area contributed by atoms with Gasteiger partial charge in [0, 0.05) is 0 Å². The molecule has 0 aliphatic heterocycles. The van der Waals surface area contributed by atoms with E-state index in [1.54, 1.807) is 40.7 Å². The average Bonchev–Trinajstić information content (AvgIpc) is 3.07. The second-order valence-corrected chi connectivity index (χ2v) is 9.35. The Balaban J connectivity index is 1.78. The molecule has 0 spiro atoms. The molecule has 1 N–H and O–H groups in total. The van der Waals surface area contributed by atoms with E-state index in [4.69, 9.17) is 14.2 Å². The van der Waals surface area contributed by atoms with E-state index in [0.717, 1.165) is 22.1 Å². The van der Waals surface area contributed by atoms with Crippen molar-refractivity contribution >= 4 is 45.0 Å². The summed E-state index contributed by atoms with van der Waals surface area (Å²) in [5, 5.41) is 4.97. The van der Waals surface area contributed by atoms with Crippen molar-refractivity contribution in [1.82, 2.24) is 0 Å². The van der Waals surface area contributed by atoms with Crippen LogP contribution < -0.4 is 10.1 Å². The molecule has 7 nitrogen and oxygen atoms in total. The number of hydrogen-bond donors (Lipinski definition) is 1. The molecule has 0 atom stereocenters. The smallest absolute Gasteiger partial charge is 0.349 e. The maximum Gasteiger partial charge on any atom is 0.349 e. The van der Waals surface area contributed by atoms with Crippen molar-refractivity contribution in [2.24, 2.45) is 0 Å². The molecule has 33 heavy (non-hydrogen) atoms. The van der Waals surface area contributed by atoms with Crippen molar-refractivity contribution in [1.29, 1.82) is 0 Å². The van der Waals surface area contributed by atoms with Gasteiger partial charge < -0.3 is 19.5 Å². The van der Waals surface area contributed by atoms with E-state index in [-0.39, 0.29) is 28.7 Å². The molecule has 0 saturated heterocycles. The first-order valence-electron chi connectivity index (χ1n) is 10.5. The van der Waals surface area contributed by atoms with Crippen LogP contribution in [0.2, 0.25) is 0 Å². The number of carbonyl (C=O) groups is 3. The number of esters is 2. The van der Waals surface area contributed by atoms with Crippen molar-refractivity contribution in [3.8, 4) is 5.75 Å². The molecule has 174 valence electrons. The highest BCUT2D eigenvalue weighted by atomic mass is 32.1. The molecular formula is C25H27NO6S. The van der Waals surface area contributed by atoms with Gasteiger partial charge in [0.25, 0.3) is 5.91 Å². The van der Waals surface area contributed by atoms with Gasteiger partial charge >= 0.3 is 11.9 Å². The highest BCUT2D eigenvalue weighted by Gasteiger charge is 2.29. The van der Waals surface area contributed by atoms with Crippen LogP contribution in [0.4, 0.5) is 5.00 Å². The molecule has 3 aromatic rings. The molecule has 1 amide bonds. The second-order valence-electron chi connectivity index (χ2n) is 8.33. The molecule has 8 heteroatoms. The summed E-state index contributed by atoms with van der Waals surface area (Å²) in [5.74, 6) is -1.10. The number of thiophene rings is 1. The number of ether oxygens (including phenoxy) is 3. The monoisotopic (exact) mass is 469 g/mol. The number of hydrogen-bond acceptors (Lipinski definition) is 7. The zero-order chi connectivity index (χ0) is 24.2. The first-order valence-corrected chi connectivity index (χ1v) is 11.4. The van der Waals surface area contributed by atoms with E-state index in [1.807, 2.05) is 36.4 Å². The third-order valence-corrected chi connectivity index (χ3v) is 5.74. The zero-order valence-corrected chi connectivity index (χ0v) is 20.1. The summed E-state index contributed by atoms with van der Waals surface area (Å²) < 4.78 is 16.2. The Hall–Kier alpha value is -3.39. The molecule has 0 radical (unpaired) electrons. The second kappa shape index (κ2) is 10.0. The van der Waals surface area contributed by atoms with Crippen LogP contribution in [0.3, 0.4) is 0 Å². The molecule has 1 heterocycles. The Morgan fingerprint density at radius 2 is 1.70 bits per heavy atom. The fourth-order valence-electron chi connectivity index (χ4n) is 3.14. The van der Waals surface area contributed by atoms with Gasteiger partial charge in [-0.1, -0.05) is 30.3 Å². The van der Waals surface area contributed by atoms with Crippen LogP contribution in [0.15, 0.2) is 42.5 Å². The van der Waals surface area contributed by atoms with E-state index in [9.17, 15) is 14.4 Å². The van der Waals surface area contributed by atoms with E-state index in [0.29, 0.717) is 11.3 Å². The molecule has 3 rings (SSSR count). The highest BCUT2D eigenvalue weighted by molar-refractivity contribution is 7.18. The van der Waals surface area contributed by atoms with E-state index < -0.39 is 23.4 Å². The van der Waals surface area contributed by atoms with Gasteiger partial charge in [0.2, 0.25) is 0 Å². The Morgan fingerprint density at radius 1 is 1.00 bits per heavy atom. The maximum absolute atomic E-state index is 12.6. The minimum atomic E-state index is -0.700. The molecule has 0 saturated carbocycles. The predicted octanol–water partition coefficient (Wildman–Crippen LogP) is 5.36. The van der Waals surface area contributed by atoms with Crippen molar-refractivity contribution in [3.63, 3.8) is 0 Å².